The lowest BCUT2D eigenvalue weighted by Crippen LogP contribution is -2.26. The highest BCUT2D eigenvalue weighted by molar-refractivity contribution is 7.88. The number of carbonyl (C=O) groups is 1. The number of hydrogen-bond donors (Lipinski definition) is 2. The Balaban J connectivity index is 1.99. The first kappa shape index (κ1) is 13.5. The molecule has 0 unspecified atom stereocenters. The van der Waals surface area contributed by atoms with Crippen molar-refractivity contribution in [3.05, 3.63) is 30.0 Å². The van der Waals surface area contributed by atoms with Gasteiger partial charge in [0.1, 0.15) is 6.61 Å². The van der Waals surface area contributed by atoms with Crippen LogP contribution in [0.15, 0.2) is 24.4 Å². The van der Waals surface area contributed by atoms with Gasteiger partial charge in [0.2, 0.25) is 10.0 Å². The summed E-state index contributed by atoms with van der Waals surface area (Å²) in [6.07, 6.45) is 2.65. The van der Waals surface area contributed by atoms with Crippen molar-refractivity contribution in [3.63, 3.8) is 0 Å². The van der Waals surface area contributed by atoms with Crippen LogP contribution in [0.25, 0.3) is 10.9 Å². The van der Waals surface area contributed by atoms with Gasteiger partial charge in [0.15, 0.2) is 0 Å². The molecule has 0 atom stereocenters. The average molecular weight is 283 g/mol. The van der Waals surface area contributed by atoms with Crippen molar-refractivity contribution in [2.24, 2.45) is 0 Å². The summed E-state index contributed by atoms with van der Waals surface area (Å²) in [5.41, 5.74) is 0.970. The van der Waals surface area contributed by atoms with Gasteiger partial charge >= 0.3 is 5.97 Å². The van der Waals surface area contributed by atoms with Crippen molar-refractivity contribution in [3.8, 4) is 0 Å². The molecule has 0 aliphatic carbocycles. The maximum atomic E-state index is 11.8. The number of carbonyl (C=O) groups excluding carboxylic acids is 1. The van der Waals surface area contributed by atoms with E-state index < -0.39 is 16.0 Å². The van der Waals surface area contributed by atoms with Gasteiger partial charge in [-0.2, -0.15) is 5.10 Å². The maximum absolute atomic E-state index is 11.8. The summed E-state index contributed by atoms with van der Waals surface area (Å²) in [6.45, 7) is 0.0138. The minimum atomic E-state index is -3.27. The Hall–Kier alpha value is -1.93. The summed E-state index contributed by atoms with van der Waals surface area (Å²) in [5.74, 6) is -0.523. The second-order valence-electron chi connectivity index (χ2n) is 3.94. The fraction of sp³-hybridized carbons (Fsp3) is 0.273. The molecule has 0 aliphatic rings. The number of aromatic nitrogens is 2. The lowest BCUT2D eigenvalue weighted by atomic mass is 10.1. The molecule has 0 spiro atoms. The average Bonchev–Trinajstić information content (AvgIpc) is 2.81. The highest BCUT2D eigenvalue weighted by Crippen LogP contribution is 2.16. The zero-order valence-corrected chi connectivity index (χ0v) is 11.0. The van der Waals surface area contributed by atoms with Gasteiger partial charge in [-0.1, -0.05) is 12.1 Å². The Labute approximate surface area is 110 Å². The second kappa shape index (κ2) is 5.37. The Kier molecular flexibility index (Phi) is 3.82. The normalized spacial score (nSPS) is 11.6. The van der Waals surface area contributed by atoms with E-state index in [1.165, 1.54) is 0 Å². The van der Waals surface area contributed by atoms with Crippen LogP contribution in [0.3, 0.4) is 0 Å². The number of nitrogens with one attached hydrogen (secondary N) is 2. The lowest BCUT2D eigenvalue weighted by Gasteiger charge is -2.05. The molecular weight excluding hydrogens is 270 g/mol. The van der Waals surface area contributed by atoms with Gasteiger partial charge in [0, 0.05) is 11.9 Å². The highest BCUT2D eigenvalue weighted by Gasteiger charge is 2.12. The first-order valence-electron chi connectivity index (χ1n) is 5.51. The Morgan fingerprint density at radius 1 is 1.47 bits per heavy atom. The number of esters is 1. The molecule has 19 heavy (non-hydrogen) atoms. The third-order valence-electron chi connectivity index (χ3n) is 2.40. The van der Waals surface area contributed by atoms with Crippen molar-refractivity contribution >= 4 is 26.9 Å². The molecule has 2 aromatic rings. The van der Waals surface area contributed by atoms with Gasteiger partial charge in [0.05, 0.1) is 23.5 Å². The Bertz CT molecular complexity index is 693. The maximum Gasteiger partial charge on any atom is 0.340 e. The van der Waals surface area contributed by atoms with Gasteiger partial charge in [0.25, 0.3) is 0 Å². The van der Waals surface area contributed by atoms with Crippen LogP contribution in [-0.2, 0) is 14.8 Å². The van der Waals surface area contributed by atoms with Crippen LogP contribution >= 0.6 is 0 Å². The predicted molar refractivity (Wildman–Crippen MR) is 69.2 cm³/mol. The summed E-state index contributed by atoms with van der Waals surface area (Å²) in [5, 5.41) is 7.38. The molecule has 1 aromatic heterocycles. The van der Waals surface area contributed by atoms with Crippen LogP contribution in [0, 0.1) is 0 Å². The molecule has 1 heterocycles. The Morgan fingerprint density at radius 3 is 3.00 bits per heavy atom. The van der Waals surface area contributed by atoms with E-state index >= 15 is 0 Å². The number of ether oxygens (including phenoxy) is 1. The molecule has 2 rings (SSSR count). The Morgan fingerprint density at radius 2 is 2.26 bits per heavy atom. The van der Waals surface area contributed by atoms with Gasteiger partial charge in [-0.25, -0.2) is 17.9 Å². The monoisotopic (exact) mass is 283 g/mol. The summed E-state index contributed by atoms with van der Waals surface area (Å²) in [6, 6.07) is 5.16. The van der Waals surface area contributed by atoms with E-state index in [0.29, 0.717) is 11.1 Å². The fourth-order valence-electron chi connectivity index (χ4n) is 1.59. The fourth-order valence-corrected chi connectivity index (χ4v) is 2.04. The largest absolute Gasteiger partial charge is 0.461 e. The van der Waals surface area contributed by atoms with Crippen LogP contribution in [0.5, 0.6) is 0 Å². The number of para-hydroxylation sites is 1. The minimum Gasteiger partial charge on any atom is -0.461 e. The first-order chi connectivity index (χ1) is 8.97. The zero-order valence-electron chi connectivity index (χ0n) is 10.2. The molecule has 0 saturated carbocycles. The number of rotatable bonds is 5. The molecule has 7 nitrogen and oxygen atoms in total. The topological polar surface area (TPSA) is 101 Å². The van der Waals surface area contributed by atoms with Crippen molar-refractivity contribution in [2.45, 2.75) is 0 Å². The predicted octanol–water partition coefficient (Wildman–Crippen LogP) is 0.269. The van der Waals surface area contributed by atoms with Gasteiger partial charge < -0.3 is 4.74 Å². The van der Waals surface area contributed by atoms with Crippen molar-refractivity contribution in [2.75, 3.05) is 19.4 Å². The molecule has 0 aliphatic heterocycles. The zero-order chi connectivity index (χ0) is 13.9. The lowest BCUT2D eigenvalue weighted by molar-refractivity contribution is 0.0515. The van der Waals surface area contributed by atoms with E-state index in [0.717, 1.165) is 11.6 Å². The first-order valence-corrected chi connectivity index (χ1v) is 7.40. The number of H-pyrrole nitrogens is 1. The summed E-state index contributed by atoms with van der Waals surface area (Å²) in [4.78, 5) is 11.8. The number of hydrogen-bond acceptors (Lipinski definition) is 5. The molecular formula is C11H13N3O4S. The number of benzene rings is 1. The standard InChI is InChI=1S/C11H13N3O4S/c1-19(16,17)13-5-6-18-11(15)9-4-2-3-8-7-12-14-10(8)9/h2-4,7,13H,5-6H2,1H3,(H,12,14). The van der Waals surface area contributed by atoms with E-state index in [-0.39, 0.29) is 13.2 Å². The summed E-state index contributed by atoms with van der Waals surface area (Å²) in [7, 11) is -3.27. The summed E-state index contributed by atoms with van der Waals surface area (Å²) >= 11 is 0. The molecule has 0 bridgehead atoms. The SMILES string of the molecule is CS(=O)(=O)NCCOC(=O)c1cccc2cn[nH]c12. The minimum absolute atomic E-state index is 0.0313. The molecule has 0 saturated heterocycles. The van der Waals surface area contributed by atoms with Crippen molar-refractivity contribution in [1.82, 2.24) is 14.9 Å². The smallest absolute Gasteiger partial charge is 0.340 e. The highest BCUT2D eigenvalue weighted by atomic mass is 32.2. The molecule has 0 amide bonds. The van der Waals surface area contributed by atoms with Crippen molar-refractivity contribution in [1.29, 1.82) is 0 Å². The third kappa shape index (κ3) is 3.52. The van der Waals surface area contributed by atoms with E-state index in [4.69, 9.17) is 4.74 Å². The number of aromatic amines is 1. The van der Waals surface area contributed by atoms with Crippen LogP contribution in [0.1, 0.15) is 10.4 Å². The van der Waals surface area contributed by atoms with Gasteiger partial charge in [-0.15, -0.1) is 0 Å². The van der Waals surface area contributed by atoms with Gasteiger partial charge in [-0.05, 0) is 6.07 Å². The number of fused-ring (bicyclic) bond motifs is 1. The number of sulfonamides is 1. The van der Waals surface area contributed by atoms with Crippen LogP contribution in [0.2, 0.25) is 0 Å². The van der Waals surface area contributed by atoms with Crippen LogP contribution < -0.4 is 4.72 Å². The quantitative estimate of drug-likeness (QED) is 0.606. The van der Waals surface area contributed by atoms with E-state index in [1.54, 1.807) is 18.3 Å². The molecule has 102 valence electrons. The molecule has 0 fully saturated rings. The van der Waals surface area contributed by atoms with E-state index in [9.17, 15) is 13.2 Å². The van der Waals surface area contributed by atoms with Crippen molar-refractivity contribution < 1.29 is 17.9 Å². The third-order valence-corrected chi connectivity index (χ3v) is 3.12. The molecule has 8 heteroatoms. The van der Waals surface area contributed by atoms with Crippen LogP contribution in [-0.4, -0.2) is 44.0 Å². The molecule has 0 radical (unpaired) electrons. The number of nitrogens with zero attached hydrogens (tertiary/aromatic N) is 1. The van der Waals surface area contributed by atoms with E-state index in [2.05, 4.69) is 14.9 Å². The van der Waals surface area contributed by atoms with Crippen LogP contribution in [0.4, 0.5) is 0 Å². The summed E-state index contributed by atoms with van der Waals surface area (Å²) < 4.78 is 28.9. The second-order valence-corrected chi connectivity index (χ2v) is 5.78. The van der Waals surface area contributed by atoms with E-state index in [1.807, 2.05) is 6.07 Å². The molecule has 2 N–H and O–H groups in total. The van der Waals surface area contributed by atoms with Gasteiger partial charge in [-0.3, -0.25) is 5.10 Å². The molecule has 1 aromatic carbocycles.